The Labute approximate surface area is 133 Å². The van der Waals surface area contributed by atoms with Crippen molar-refractivity contribution < 1.29 is 24.2 Å². The van der Waals surface area contributed by atoms with Gasteiger partial charge < -0.3 is 19.9 Å². The van der Waals surface area contributed by atoms with Gasteiger partial charge in [-0.15, -0.1) is 0 Å². The third-order valence-electron chi connectivity index (χ3n) is 3.12. The molecule has 6 nitrogen and oxygen atoms in total. The highest BCUT2D eigenvalue weighted by atomic mass is 16.5. The number of methoxy groups -OCH3 is 1. The third kappa shape index (κ3) is 4.23. The first-order valence-electron chi connectivity index (χ1n) is 6.95. The summed E-state index contributed by atoms with van der Waals surface area (Å²) in [6, 6.07) is 13.0. The van der Waals surface area contributed by atoms with Gasteiger partial charge in [0.05, 0.1) is 7.11 Å². The zero-order valence-corrected chi connectivity index (χ0v) is 12.8. The lowest BCUT2D eigenvalue weighted by atomic mass is 10.2. The second-order valence-electron chi connectivity index (χ2n) is 4.79. The summed E-state index contributed by atoms with van der Waals surface area (Å²) in [6.45, 7) is 1.45. The first-order valence-corrected chi connectivity index (χ1v) is 6.95. The Morgan fingerprint density at radius 3 is 2.48 bits per heavy atom. The Balaban J connectivity index is 2.03. The number of nitrogens with one attached hydrogen (secondary N) is 1. The Morgan fingerprint density at radius 1 is 1.13 bits per heavy atom. The van der Waals surface area contributed by atoms with E-state index in [-0.39, 0.29) is 11.3 Å². The minimum absolute atomic E-state index is 0.0660. The number of ether oxygens (including phenoxy) is 2. The van der Waals surface area contributed by atoms with Crippen LogP contribution in [-0.2, 0) is 9.53 Å². The van der Waals surface area contributed by atoms with E-state index >= 15 is 0 Å². The van der Waals surface area contributed by atoms with Crippen molar-refractivity contribution in [1.29, 1.82) is 0 Å². The minimum atomic E-state index is -1.02. The van der Waals surface area contributed by atoms with Crippen molar-refractivity contribution in [3.63, 3.8) is 0 Å². The van der Waals surface area contributed by atoms with Crippen LogP contribution in [0.15, 0.2) is 48.5 Å². The van der Waals surface area contributed by atoms with Gasteiger partial charge in [0.25, 0.3) is 5.91 Å². The zero-order valence-electron chi connectivity index (χ0n) is 12.8. The van der Waals surface area contributed by atoms with Gasteiger partial charge in [-0.1, -0.05) is 18.2 Å². The Morgan fingerprint density at radius 2 is 1.83 bits per heavy atom. The highest BCUT2D eigenvalue weighted by Crippen LogP contribution is 2.24. The van der Waals surface area contributed by atoms with Gasteiger partial charge in [-0.05, 0) is 37.3 Å². The molecular formula is C17H17NO5. The molecule has 0 radical (unpaired) electrons. The molecule has 0 aliphatic rings. The molecule has 0 aliphatic heterocycles. The number of rotatable bonds is 5. The fraction of sp³-hybridized carbons (Fsp3) is 0.176. The maximum absolute atomic E-state index is 12.1. The van der Waals surface area contributed by atoms with Crippen LogP contribution in [0.5, 0.6) is 11.5 Å². The molecule has 0 aromatic heterocycles. The van der Waals surface area contributed by atoms with Crippen LogP contribution in [0, 0.1) is 0 Å². The number of carbonyl (C=O) groups excluding carboxylic acids is 2. The van der Waals surface area contributed by atoms with Crippen LogP contribution in [0.1, 0.15) is 17.3 Å². The predicted molar refractivity (Wildman–Crippen MR) is 84.6 cm³/mol. The van der Waals surface area contributed by atoms with Crippen molar-refractivity contribution in [2.75, 3.05) is 12.4 Å². The third-order valence-corrected chi connectivity index (χ3v) is 3.12. The van der Waals surface area contributed by atoms with Gasteiger partial charge in [-0.3, -0.25) is 4.79 Å². The van der Waals surface area contributed by atoms with E-state index in [2.05, 4.69) is 5.32 Å². The highest BCUT2D eigenvalue weighted by molar-refractivity contribution is 5.98. The summed E-state index contributed by atoms with van der Waals surface area (Å²) in [5.41, 5.74) is 0.535. The van der Waals surface area contributed by atoms with Crippen LogP contribution in [0.25, 0.3) is 0 Å². The normalized spacial score (nSPS) is 11.4. The first-order chi connectivity index (χ1) is 11.0. The van der Waals surface area contributed by atoms with Gasteiger partial charge in [0, 0.05) is 5.69 Å². The monoisotopic (exact) mass is 315 g/mol. The largest absolute Gasteiger partial charge is 0.507 e. The first kappa shape index (κ1) is 16.4. The Bertz CT molecular complexity index is 699. The van der Waals surface area contributed by atoms with E-state index in [1.165, 1.54) is 32.2 Å². The maximum Gasteiger partial charge on any atom is 0.342 e. The van der Waals surface area contributed by atoms with Crippen molar-refractivity contribution in [3.05, 3.63) is 54.1 Å². The summed E-state index contributed by atoms with van der Waals surface area (Å²) in [7, 11) is 1.44. The molecule has 0 saturated heterocycles. The molecule has 0 bridgehead atoms. The van der Waals surface area contributed by atoms with Gasteiger partial charge >= 0.3 is 5.97 Å². The molecule has 2 N–H and O–H groups in total. The van der Waals surface area contributed by atoms with Crippen molar-refractivity contribution >= 4 is 17.6 Å². The number of phenols is 1. The Kier molecular flexibility index (Phi) is 5.19. The number of para-hydroxylation sites is 1. The quantitative estimate of drug-likeness (QED) is 0.828. The fourth-order valence-corrected chi connectivity index (χ4v) is 1.85. The highest BCUT2D eigenvalue weighted by Gasteiger charge is 2.21. The number of hydrogen-bond donors (Lipinski definition) is 2. The van der Waals surface area contributed by atoms with E-state index in [0.29, 0.717) is 11.4 Å². The molecule has 0 aliphatic carbocycles. The number of benzene rings is 2. The number of carbonyl (C=O) groups is 2. The molecule has 0 heterocycles. The van der Waals surface area contributed by atoms with E-state index in [4.69, 9.17) is 9.47 Å². The molecule has 120 valence electrons. The fourth-order valence-electron chi connectivity index (χ4n) is 1.85. The Hall–Kier alpha value is -3.02. The SMILES string of the molecule is COc1ccc(O)c(C(=O)O[C@H](C)C(=O)Nc2ccccc2)c1. The van der Waals surface area contributed by atoms with Gasteiger partial charge in [0.15, 0.2) is 6.10 Å². The molecule has 0 saturated carbocycles. The molecule has 23 heavy (non-hydrogen) atoms. The lowest BCUT2D eigenvalue weighted by Crippen LogP contribution is -2.30. The average Bonchev–Trinajstić information content (AvgIpc) is 2.56. The van der Waals surface area contributed by atoms with Crippen LogP contribution < -0.4 is 10.1 Å². The molecule has 2 rings (SSSR count). The smallest absolute Gasteiger partial charge is 0.342 e. The summed E-state index contributed by atoms with van der Waals surface area (Å²) in [4.78, 5) is 24.1. The number of amides is 1. The van der Waals surface area contributed by atoms with Crippen LogP contribution in [0.4, 0.5) is 5.69 Å². The summed E-state index contributed by atoms with van der Waals surface area (Å²) in [5.74, 6) is -1.12. The average molecular weight is 315 g/mol. The van der Waals surface area contributed by atoms with Crippen molar-refractivity contribution in [3.8, 4) is 11.5 Å². The lowest BCUT2D eigenvalue weighted by Gasteiger charge is -2.14. The second kappa shape index (κ2) is 7.31. The molecule has 0 fully saturated rings. The molecule has 1 atom stereocenters. The zero-order chi connectivity index (χ0) is 16.8. The number of aromatic hydroxyl groups is 1. The number of anilines is 1. The topological polar surface area (TPSA) is 84.9 Å². The maximum atomic E-state index is 12.1. The van der Waals surface area contributed by atoms with E-state index < -0.39 is 18.0 Å². The number of phenolic OH excluding ortho intramolecular Hbond substituents is 1. The van der Waals surface area contributed by atoms with Crippen molar-refractivity contribution in [2.45, 2.75) is 13.0 Å². The second-order valence-corrected chi connectivity index (χ2v) is 4.79. The standard InChI is InChI=1S/C17H17NO5/c1-11(16(20)18-12-6-4-3-5-7-12)23-17(21)14-10-13(22-2)8-9-15(14)19/h3-11,19H,1-2H3,(H,18,20)/t11-/m1/s1. The van der Waals surface area contributed by atoms with Crippen LogP contribution >= 0.6 is 0 Å². The summed E-state index contributed by atoms with van der Waals surface area (Å²) >= 11 is 0. The van der Waals surface area contributed by atoms with Crippen LogP contribution in [0.3, 0.4) is 0 Å². The molecular weight excluding hydrogens is 298 g/mol. The summed E-state index contributed by atoms with van der Waals surface area (Å²) in [5, 5.41) is 12.4. The van der Waals surface area contributed by atoms with Gasteiger partial charge in [0.1, 0.15) is 17.1 Å². The molecule has 2 aromatic carbocycles. The summed E-state index contributed by atoms with van der Waals surface area (Å²) in [6.07, 6.45) is -1.02. The summed E-state index contributed by atoms with van der Waals surface area (Å²) < 4.78 is 10.1. The van der Waals surface area contributed by atoms with E-state index in [1.54, 1.807) is 24.3 Å². The van der Waals surface area contributed by atoms with E-state index in [1.807, 2.05) is 6.07 Å². The van der Waals surface area contributed by atoms with Gasteiger partial charge in [0.2, 0.25) is 0 Å². The van der Waals surface area contributed by atoms with E-state index in [9.17, 15) is 14.7 Å². The number of hydrogen-bond acceptors (Lipinski definition) is 5. The molecule has 0 unspecified atom stereocenters. The predicted octanol–water partition coefficient (Wildman–Crippen LogP) is 2.58. The van der Waals surface area contributed by atoms with Crippen LogP contribution in [0.2, 0.25) is 0 Å². The van der Waals surface area contributed by atoms with Gasteiger partial charge in [-0.2, -0.15) is 0 Å². The van der Waals surface area contributed by atoms with Crippen LogP contribution in [-0.4, -0.2) is 30.2 Å². The molecule has 1 amide bonds. The molecule has 6 heteroatoms. The van der Waals surface area contributed by atoms with Crippen molar-refractivity contribution in [2.24, 2.45) is 0 Å². The van der Waals surface area contributed by atoms with Crippen molar-refractivity contribution in [1.82, 2.24) is 0 Å². The molecule has 0 spiro atoms. The van der Waals surface area contributed by atoms with E-state index in [0.717, 1.165) is 0 Å². The minimum Gasteiger partial charge on any atom is -0.507 e. The van der Waals surface area contributed by atoms with Gasteiger partial charge in [-0.25, -0.2) is 4.79 Å². The lowest BCUT2D eigenvalue weighted by molar-refractivity contribution is -0.123. The number of esters is 1. The molecule has 2 aromatic rings.